The predicted octanol–water partition coefficient (Wildman–Crippen LogP) is 3.29. The van der Waals surface area contributed by atoms with E-state index in [1.807, 2.05) is 37.3 Å². The van der Waals surface area contributed by atoms with E-state index in [1.54, 1.807) is 0 Å². The Bertz CT molecular complexity index is 393. The van der Waals surface area contributed by atoms with Crippen LogP contribution in [0.15, 0.2) is 28.7 Å². The molecule has 1 aliphatic rings. The van der Waals surface area contributed by atoms with E-state index in [1.165, 1.54) is 0 Å². The monoisotopic (exact) mass is 236 g/mol. The zero-order valence-electron chi connectivity index (χ0n) is 7.25. The summed E-state index contributed by atoms with van der Waals surface area (Å²) in [5.74, 6) is 0.223. The summed E-state index contributed by atoms with van der Waals surface area (Å²) < 4.78 is 0.960. The van der Waals surface area contributed by atoms with Gasteiger partial charge in [0.2, 0.25) is 0 Å². The van der Waals surface area contributed by atoms with Gasteiger partial charge in [-0.15, -0.1) is 0 Å². The molecule has 0 spiro atoms. The van der Waals surface area contributed by atoms with Gasteiger partial charge >= 0.3 is 0 Å². The highest BCUT2D eigenvalue weighted by Crippen LogP contribution is 2.25. The molecule has 2 heteroatoms. The van der Waals surface area contributed by atoms with E-state index >= 15 is 0 Å². The van der Waals surface area contributed by atoms with E-state index in [0.29, 0.717) is 0 Å². The van der Waals surface area contributed by atoms with Crippen molar-refractivity contribution in [3.8, 4) is 0 Å². The van der Waals surface area contributed by atoms with Crippen LogP contribution in [0.2, 0.25) is 0 Å². The molecule has 0 amide bonds. The third-order valence-electron chi connectivity index (χ3n) is 2.26. The van der Waals surface area contributed by atoms with E-state index in [0.717, 1.165) is 15.6 Å². The number of fused-ring (bicyclic) bond motifs is 1. The molecule has 0 radical (unpaired) electrons. The largest absolute Gasteiger partial charge is 0.294 e. The van der Waals surface area contributed by atoms with Crippen molar-refractivity contribution < 1.29 is 4.79 Å². The molecule has 13 heavy (non-hydrogen) atoms. The Morgan fingerprint density at radius 3 is 2.92 bits per heavy atom. The fraction of sp³-hybridized carbons (Fsp3) is 0.182. The predicted molar refractivity (Wildman–Crippen MR) is 56.7 cm³/mol. The van der Waals surface area contributed by atoms with Gasteiger partial charge in [-0.05, 0) is 17.7 Å². The lowest BCUT2D eigenvalue weighted by Gasteiger charge is -2.14. The fourth-order valence-corrected chi connectivity index (χ4v) is 1.83. The Morgan fingerprint density at radius 2 is 2.15 bits per heavy atom. The van der Waals surface area contributed by atoms with Gasteiger partial charge in [0, 0.05) is 16.0 Å². The third kappa shape index (κ3) is 1.46. The maximum Gasteiger partial charge on any atom is 0.170 e. The van der Waals surface area contributed by atoms with Gasteiger partial charge in [-0.2, -0.15) is 0 Å². The van der Waals surface area contributed by atoms with Crippen LogP contribution < -0.4 is 0 Å². The van der Waals surface area contributed by atoms with Gasteiger partial charge in [0.05, 0.1) is 0 Å². The Labute approximate surface area is 85.6 Å². The molecule has 0 heterocycles. The van der Waals surface area contributed by atoms with Crippen LogP contribution in [-0.2, 0) is 0 Å². The number of allylic oxidation sites excluding steroid dienone is 1. The molecule has 1 atom stereocenters. The zero-order valence-corrected chi connectivity index (χ0v) is 8.84. The maximum atomic E-state index is 11.7. The normalized spacial score (nSPS) is 20.2. The number of hydrogen-bond acceptors (Lipinski definition) is 1. The molecule has 1 unspecified atom stereocenters. The van der Waals surface area contributed by atoms with Crippen LogP contribution in [0.25, 0.3) is 6.08 Å². The molecule has 0 N–H and O–H groups in total. The second-order valence-electron chi connectivity index (χ2n) is 3.24. The summed E-state index contributed by atoms with van der Waals surface area (Å²) in [7, 11) is 0. The molecule has 1 aromatic rings. The standard InChI is InChI=1S/C11H9BrO/c1-7-2-3-8-4-5-9(12)6-10(8)11(7)13/h2-7H,1H3. The van der Waals surface area contributed by atoms with E-state index in [4.69, 9.17) is 0 Å². The number of Topliss-reactive ketones (excluding diaryl/α,β-unsaturated/α-hetero) is 1. The smallest absolute Gasteiger partial charge is 0.170 e. The minimum absolute atomic E-state index is 0.0156. The van der Waals surface area contributed by atoms with Crippen molar-refractivity contribution in [3.63, 3.8) is 0 Å². The minimum Gasteiger partial charge on any atom is -0.294 e. The lowest BCUT2D eigenvalue weighted by atomic mass is 9.90. The van der Waals surface area contributed by atoms with E-state index in [2.05, 4.69) is 15.9 Å². The third-order valence-corrected chi connectivity index (χ3v) is 2.75. The Balaban J connectivity index is 2.60. The molecule has 1 aliphatic carbocycles. The number of halogens is 1. The summed E-state index contributed by atoms with van der Waals surface area (Å²) >= 11 is 3.36. The number of ketones is 1. The number of rotatable bonds is 0. The molecule has 0 saturated heterocycles. The van der Waals surface area contributed by atoms with E-state index in [9.17, 15) is 4.79 Å². The molecule has 66 valence electrons. The van der Waals surface area contributed by atoms with Gasteiger partial charge in [0.15, 0.2) is 5.78 Å². The molecule has 0 aliphatic heterocycles. The first kappa shape index (κ1) is 8.70. The topological polar surface area (TPSA) is 17.1 Å². The van der Waals surface area contributed by atoms with Crippen LogP contribution >= 0.6 is 15.9 Å². The minimum atomic E-state index is 0.0156. The first-order chi connectivity index (χ1) is 6.18. The van der Waals surface area contributed by atoms with Crippen molar-refractivity contribution in [3.05, 3.63) is 39.9 Å². The van der Waals surface area contributed by atoms with Crippen LogP contribution in [0, 0.1) is 5.92 Å². The summed E-state index contributed by atoms with van der Waals surface area (Å²) in [5.41, 5.74) is 1.84. The quantitative estimate of drug-likeness (QED) is 0.676. The Kier molecular flexibility index (Phi) is 2.08. The summed E-state index contributed by atoms with van der Waals surface area (Å²) in [6.07, 6.45) is 3.95. The molecule has 2 rings (SSSR count). The van der Waals surface area contributed by atoms with Gasteiger partial charge in [-0.1, -0.05) is 41.1 Å². The highest BCUT2D eigenvalue weighted by atomic mass is 79.9. The van der Waals surface area contributed by atoms with Crippen LogP contribution in [0.3, 0.4) is 0 Å². The lowest BCUT2D eigenvalue weighted by Crippen LogP contribution is -2.13. The second-order valence-corrected chi connectivity index (χ2v) is 4.16. The first-order valence-electron chi connectivity index (χ1n) is 4.20. The Hall–Kier alpha value is -0.890. The number of carbonyl (C=O) groups excluding carboxylic acids is 1. The van der Waals surface area contributed by atoms with Crippen LogP contribution in [0.5, 0.6) is 0 Å². The van der Waals surface area contributed by atoms with Crippen LogP contribution in [0.1, 0.15) is 22.8 Å². The summed E-state index contributed by atoms with van der Waals surface area (Å²) in [4.78, 5) is 11.7. The van der Waals surface area contributed by atoms with E-state index < -0.39 is 0 Å². The highest BCUT2D eigenvalue weighted by molar-refractivity contribution is 9.10. The molecule has 0 aromatic heterocycles. The zero-order chi connectivity index (χ0) is 9.42. The van der Waals surface area contributed by atoms with Crippen molar-refractivity contribution in [2.24, 2.45) is 5.92 Å². The average Bonchev–Trinajstić information content (AvgIpc) is 2.12. The molecule has 1 aromatic carbocycles. The fourth-order valence-electron chi connectivity index (χ4n) is 1.47. The highest BCUT2D eigenvalue weighted by Gasteiger charge is 2.19. The molecule has 0 saturated carbocycles. The van der Waals surface area contributed by atoms with Crippen molar-refractivity contribution in [2.45, 2.75) is 6.92 Å². The molecular formula is C11H9BrO. The summed E-state index contributed by atoms with van der Waals surface area (Å²) in [6.45, 7) is 1.92. The summed E-state index contributed by atoms with van der Waals surface area (Å²) in [5, 5.41) is 0. The van der Waals surface area contributed by atoms with Gasteiger partial charge < -0.3 is 0 Å². The van der Waals surface area contributed by atoms with Gasteiger partial charge in [0.25, 0.3) is 0 Å². The van der Waals surface area contributed by atoms with Gasteiger partial charge in [-0.3, -0.25) is 4.79 Å². The molecular weight excluding hydrogens is 228 g/mol. The molecule has 0 bridgehead atoms. The average molecular weight is 237 g/mol. The number of hydrogen-bond donors (Lipinski definition) is 0. The van der Waals surface area contributed by atoms with Crippen LogP contribution in [0.4, 0.5) is 0 Å². The van der Waals surface area contributed by atoms with Crippen molar-refractivity contribution in [1.29, 1.82) is 0 Å². The first-order valence-corrected chi connectivity index (χ1v) is 5.00. The van der Waals surface area contributed by atoms with Gasteiger partial charge in [-0.25, -0.2) is 0 Å². The molecule has 1 nitrogen and oxygen atoms in total. The second kappa shape index (κ2) is 3.11. The number of benzene rings is 1. The lowest BCUT2D eigenvalue weighted by molar-refractivity contribution is 0.0951. The SMILES string of the molecule is CC1C=Cc2ccc(Br)cc2C1=O. The van der Waals surface area contributed by atoms with E-state index in [-0.39, 0.29) is 11.7 Å². The molecule has 0 fully saturated rings. The van der Waals surface area contributed by atoms with Crippen molar-refractivity contribution in [1.82, 2.24) is 0 Å². The van der Waals surface area contributed by atoms with Crippen molar-refractivity contribution in [2.75, 3.05) is 0 Å². The Morgan fingerprint density at radius 1 is 1.38 bits per heavy atom. The summed E-state index contributed by atoms with van der Waals surface area (Å²) in [6, 6.07) is 5.80. The van der Waals surface area contributed by atoms with Crippen molar-refractivity contribution >= 4 is 27.8 Å². The number of carbonyl (C=O) groups is 1. The van der Waals surface area contributed by atoms with Gasteiger partial charge in [0.1, 0.15) is 0 Å². The van der Waals surface area contributed by atoms with Crippen LogP contribution in [-0.4, -0.2) is 5.78 Å². The maximum absolute atomic E-state index is 11.7.